The first-order valence-electron chi connectivity index (χ1n) is 11.6. The lowest BCUT2D eigenvalue weighted by molar-refractivity contribution is 0.357. The van der Waals surface area contributed by atoms with Crippen molar-refractivity contribution in [2.24, 2.45) is 18.9 Å². The minimum Gasteiger partial charge on any atom is -0.370 e. The average Bonchev–Trinajstić information content (AvgIpc) is 3.36. The number of aromatic nitrogens is 2. The molecule has 7 heteroatoms. The van der Waals surface area contributed by atoms with Gasteiger partial charge < -0.3 is 19.7 Å². The molecule has 0 saturated carbocycles. The van der Waals surface area contributed by atoms with Crippen molar-refractivity contribution in [1.29, 1.82) is 0 Å². The number of piperidine rings is 1. The summed E-state index contributed by atoms with van der Waals surface area (Å²) in [7, 11) is 2.04. The summed E-state index contributed by atoms with van der Waals surface area (Å²) in [6, 6.07) is 14.4. The first-order valence-corrected chi connectivity index (χ1v) is 12.4. The van der Waals surface area contributed by atoms with Crippen molar-refractivity contribution in [2.75, 3.05) is 22.9 Å². The minimum absolute atomic E-state index is 0.0226. The normalized spacial score (nSPS) is 25.4. The van der Waals surface area contributed by atoms with Crippen molar-refractivity contribution < 1.29 is 0 Å². The number of halogens is 1. The number of anilines is 2. The van der Waals surface area contributed by atoms with Crippen LogP contribution < -0.4 is 15.1 Å². The average molecular weight is 480 g/mol. The summed E-state index contributed by atoms with van der Waals surface area (Å²) in [6.07, 6.45) is 7.32. The minimum atomic E-state index is -0.0525. The van der Waals surface area contributed by atoms with Crippen LogP contribution in [0.25, 0.3) is 0 Å². The third-order valence-electron chi connectivity index (χ3n) is 6.71. The van der Waals surface area contributed by atoms with Crippen LogP contribution in [0.15, 0.2) is 61.1 Å². The standard InChI is InChI=1S/C26H30ClN5S/c1-17-12-18(2)15-31(14-17)23-8-7-20(13-21(23)27)32-25(19-9-11-30(3)16-19)24(29-26(32)33)22-6-4-5-10-28-22/h4-11,13,16-18,24-25H,12,14-15H2,1-3H3,(H,29,33)/t17-,18-,24-,25-/m0/s1. The molecular formula is C26H30ClN5S. The van der Waals surface area contributed by atoms with Crippen molar-refractivity contribution in [3.63, 3.8) is 0 Å². The van der Waals surface area contributed by atoms with Crippen LogP contribution in [0.5, 0.6) is 0 Å². The lowest BCUT2D eigenvalue weighted by Gasteiger charge is -2.37. The molecule has 2 aliphatic heterocycles. The lowest BCUT2D eigenvalue weighted by atomic mass is 9.91. The third kappa shape index (κ3) is 4.34. The number of aryl methyl sites for hydroxylation is 1. The zero-order valence-electron chi connectivity index (χ0n) is 19.3. The number of nitrogens with one attached hydrogen (secondary N) is 1. The van der Waals surface area contributed by atoms with Gasteiger partial charge in [0.1, 0.15) is 0 Å². The van der Waals surface area contributed by atoms with E-state index in [4.69, 9.17) is 23.8 Å². The van der Waals surface area contributed by atoms with Gasteiger partial charge in [-0.25, -0.2) is 0 Å². The van der Waals surface area contributed by atoms with Gasteiger partial charge in [0.25, 0.3) is 0 Å². The molecule has 2 saturated heterocycles. The number of thiocarbonyl (C=S) groups is 1. The van der Waals surface area contributed by atoms with E-state index in [0.29, 0.717) is 16.9 Å². The van der Waals surface area contributed by atoms with Gasteiger partial charge in [-0.1, -0.05) is 31.5 Å². The maximum Gasteiger partial charge on any atom is 0.174 e. The summed E-state index contributed by atoms with van der Waals surface area (Å²) < 4.78 is 2.07. The molecule has 172 valence electrons. The zero-order chi connectivity index (χ0) is 23.1. The molecule has 0 unspecified atom stereocenters. The summed E-state index contributed by atoms with van der Waals surface area (Å²) in [5.74, 6) is 1.34. The molecule has 5 rings (SSSR count). The van der Waals surface area contributed by atoms with E-state index in [9.17, 15) is 0 Å². The molecule has 4 atom stereocenters. The lowest BCUT2D eigenvalue weighted by Crippen LogP contribution is -2.38. The van der Waals surface area contributed by atoms with Gasteiger partial charge in [0.15, 0.2) is 5.11 Å². The highest BCUT2D eigenvalue weighted by Crippen LogP contribution is 2.43. The maximum absolute atomic E-state index is 6.89. The summed E-state index contributed by atoms with van der Waals surface area (Å²) in [6.45, 7) is 6.73. The maximum atomic E-state index is 6.89. The van der Waals surface area contributed by atoms with Crippen LogP contribution in [0, 0.1) is 11.8 Å². The monoisotopic (exact) mass is 479 g/mol. The molecule has 3 aromatic rings. The molecule has 2 fully saturated rings. The molecule has 5 nitrogen and oxygen atoms in total. The molecule has 33 heavy (non-hydrogen) atoms. The Labute approximate surface area is 206 Å². The Hall–Kier alpha value is -2.57. The summed E-state index contributed by atoms with van der Waals surface area (Å²) in [4.78, 5) is 9.23. The van der Waals surface area contributed by atoms with E-state index in [-0.39, 0.29) is 12.1 Å². The van der Waals surface area contributed by atoms with Crippen LogP contribution in [0.3, 0.4) is 0 Å². The van der Waals surface area contributed by atoms with Crippen LogP contribution in [0.1, 0.15) is 43.6 Å². The Kier molecular flexibility index (Phi) is 6.06. The van der Waals surface area contributed by atoms with E-state index in [1.54, 1.807) is 0 Å². The van der Waals surface area contributed by atoms with Gasteiger partial charge in [-0.05, 0) is 72.4 Å². The van der Waals surface area contributed by atoms with Crippen molar-refractivity contribution in [3.8, 4) is 0 Å². The Bertz CT molecular complexity index is 1140. The molecular weight excluding hydrogens is 450 g/mol. The molecule has 4 heterocycles. The van der Waals surface area contributed by atoms with Crippen molar-refractivity contribution >= 4 is 40.3 Å². The largest absolute Gasteiger partial charge is 0.370 e. The van der Waals surface area contributed by atoms with Gasteiger partial charge >= 0.3 is 0 Å². The fraction of sp³-hybridized carbons (Fsp3) is 0.385. The molecule has 0 bridgehead atoms. The first kappa shape index (κ1) is 22.2. The highest BCUT2D eigenvalue weighted by molar-refractivity contribution is 7.80. The zero-order valence-corrected chi connectivity index (χ0v) is 20.9. The Morgan fingerprint density at radius 3 is 2.52 bits per heavy atom. The second-order valence-electron chi connectivity index (χ2n) is 9.59. The second kappa shape index (κ2) is 8.99. The van der Waals surface area contributed by atoms with Crippen molar-refractivity contribution in [2.45, 2.75) is 32.4 Å². The Morgan fingerprint density at radius 2 is 1.88 bits per heavy atom. The third-order valence-corrected chi connectivity index (χ3v) is 7.33. The van der Waals surface area contributed by atoms with E-state index in [2.05, 4.69) is 81.2 Å². The van der Waals surface area contributed by atoms with Crippen LogP contribution in [0.2, 0.25) is 5.02 Å². The topological polar surface area (TPSA) is 36.3 Å². The van der Waals surface area contributed by atoms with E-state index in [1.807, 2.05) is 25.4 Å². The van der Waals surface area contributed by atoms with Gasteiger partial charge in [-0.15, -0.1) is 0 Å². The van der Waals surface area contributed by atoms with Gasteiger partial charge in [-0.2, -0.15) is 0 Å². The number of nitrogens with zero attached hydrogens (tertiary/aromatic N) is 4. The van der Waals surface area contributed by atoms with Crippen LogP contribution >= 0.6 is 23.8 Å². The number of pyridine rings is 1. The van der Waals surface area contributed by atoms with Crippen LogP contribution in [0.4, 0.5) is 11.4 Å². The quantitative estimate of drug-likeness (QED) is 0.483. The van der Waals surface area contributed by atoms with Crippen LogP contribution in [-0.2, 0) is 7.05 Å². The molecule has 2 aliphatic rings. The Morgan fingerprint density at radius 1 is 1.09 bits per heavy atom. The molecule has 0 spiro atoms. The molecule has 1 aromatic carbocycles. The van der Waals surface area contributed by atoms with Gasteiger partial charge in [0.05, 0.1) is 28.5 Å². The smallest absolute Gasteiger partial charge is 0.174 e. The number of benzene rings is 1. The van der Waals surface area contributed by atoms with Gasteiger partial charge in [-0.3, -0.25) is 4.98 Å². The Balaban J connectivity index is 1.51. The van der Waals surface area contributed by atoms with Crippen LogP contribution in [-0.4, -0.2) is 27.8 Å². The van der Waals surface area contributed by atoms with Gasteiger partial charge in [0.2, 0.25) is 0 Å². The fourth-order valence-electron chi connectivity index (χ4n) is 5.43. The predicted molar refractivity (Wildman–Crippen MR) is 140 cm³/mol. The fourth-order valence-corrected chi connectivity index (χ4v) is 6.07. The van der Waals surface area contributed by atoms with E-state index >= 15 is 0 Å². The highest BCUT2D eigenvalue weighted by atomic mass is 35.5. The molecule has 1 N–H and O–H groups in total. The molecule has 0 aliphatic carbocycles. The number of hydrogen-bond donors (Lipinski definition) is 1. The highest BCUT2D eigenvalue weighted by Gasteiger charge is 2.41. The van der Waals surface area contributed by atoms with Crippen molar-refractivity contribution in [1.82, 2.24) is 14.9 Å². The summed E-state index contributed by atoms with van der Waals surface area (Å²) in [5.41, 5.74) is 4.25. The predicted octanol–water partition coefficient (Wildman–Crippen LogP) is 5.73. The summed E-state index contributed by atoms with van der Waals surface area (Å²) >= 11 is 12.7. The first-order chi connectivity index (χ1) is 15.9. The van der Waals surface area contributed by atoms with E-state index < -0.39 is 0 Å². The molecule has 0 radical (unpaired) electrons. The molecule has 2 aromatic heterocycles. The van der Waals surface area contributed by atoms with Crippen molar-refractivity contribution in [3.05, 3.63) is 77.3 Å². The number of rotatable bonds is 4. The second-order valence-corrected chi connectivity index (χ2v) is 10.4. The molecule has 0 amide bonds. The van der Waals surface area contributed by atoms with E-state index in [1.165, 1.54) is 12.0 Å². The SMILES string of the molecule is C[C@H]1C[C@H](C)CN(c2ccc(N3C(=S)N[C@@H](c4ccccn4)[C@@H]3c3ccn(C)c3)cc2Cl)C1. The number of hydrogen-bond acceptors (Lipinski definition) is 3. The van der Waals surface area contributed by atoms with E-state index in [0.717, 1.165) is 35.2 Å². The van der Waals surface area contributed by atoms with Gasteiger partial charge in [0, 0.05) is 44.4 Å². The summed E-state index contributed by atoms with van der Waals surface area (Å²) in [5, 5.41) is 4.97.